The SMILES string of the molecule is Cc1ccc2c(c1)-n1c3ccccc3c3ccc4c(c31)B2c1ccccc1C4.Cc1ccc2c3ccc4c5c3n(c2c1)-c1ccccc1B5c1ccccc1C4.Cc1cccc2c1-n1c3ccccc3c3ccc4c(c31)B2c1ccccc1C4.Cc1cccc2c3ccc4c5c3n(c12)-c1ccccc1B5c1ccccc1C4. The second-order valence-electron chi connectivity index (χ2n) is 32.9. The Hall–Kier alpha value is -13.0. The van der Waals surface area contributed by atoms with Crippen LogP contribution in [0.5, 0.6) is 0 Å². The summed E-state index contributed by atoms with van der Waals surface area (Å²) in [6.07, 6.45) is 4.11. The van der Waals surface area contributed by atoms with Gasteiger partial charge < -0.3 is 18.3 Å². The van der Waals surface area contributed by atoms with E-state index in [9.17, 15) is 0 Å². The van der Waals surface area contributed by atoms with Crippen LogP contribution in [0.25, 0.3) is 110 Å². The first-order chi connectivity index (χ1) is 55.3. The number of aryl methyl sites for hydroxylation is 4. The minimum atomic E-state index is 0.329. The smallest absolute Gasteiger partial charge is 0.247 e. The molecule has 112 heavy (non-hydrogen) atoms. The summed E-state index contributed by atoms with van der Waals surface area (Å²) in [5, 5.41) is 11.0. The van der Waals surface area contributed by atoms with E-state index in [1.54, 1.807) is 0 Å². The van der Waals surface area contributed by atoms with Crippen LogP contribution in [-0.2, 0) is 25.7 Å². The fourth-order valence-electron chi connectivity index (χ4n) is 22.6. The van der Waals surface area contributed by atoms with Crippen molar-refractivity contribution in [1.29, 1.82) is 0 Å². The molecular weight excluding hydrogens is 1350 g/mol. The van der Waals surface area contributed by atoms with Crippen molar-refractivity contribution in [3.63, 3.8) is 0 Å². The molecule has 20 aromatic rings. The molecule has 4 nitrogen and oxygen atoms in total. The van der Waals surface area contributed by atoms with Crippen LogP contribution in [0.15, 0.2) is 315 Å². The van der Waals surface area contributed by atoms with Crippen molar-refractivity contribution in [3.8, 4) is 22.7 Å². The standard InChI is InChI=1S/4C26H18BN/c1-16-7-6-11-22-25(16)28-23-12-5-3-9-19(23)20-14-13-18-15-17-8-2-4-10-21(17)27(22)24(18)26(20)28;1-16-10-13-22-24(14-16)28-23-9-5-3-7-19(23)20-12-11-18-15-17-6-2-4-8-21(17)27(22)25(18)26(20)28;1-16-7-6-9-19-20-14-13-18-15-17-8-2-3-10-21(17)27-22-11-4-5-12-23(22)28(25(16)19)26(20)24(18)27;1-16-10-12-19-20-13-11-18-15-17-6-2-3-7-21(17)27-22-8-4-5-9-23(22)28(24(19)14-16)26(20)25(18)27/h4*2-14H,15H2,1H3. The molecule has 0 aliphatic carbocycles. The van der Waals surface area contributed by atoms with E-state index < -0.39 is 0 Å². The Bertz CT molecular complexity index is 7630. The van der Waals surface area contributed by atoms with Crippen LogP contribution in [0.2, 0.25) is 0 Å². The minimum Gasteiger partial charge on any atom is -0.310 e. The predicted molar refractivity (Wildman–Crippen MR) is 478 cm³/mol. The van der Waals surface area contributed by atoms with Crippen LogP contribution < -0.4 is 65.6 Å². The van der Waals surface area contributed by atoms with Gasteiger partial charge in [-0.05, 0) is 200 Å². The predicted octanol–water partition coefficient (Wildman–Crippen LogP) is 15.3. The fourth-order valence-corrected chi connectivity index (χ4v) is 22.6. The molecule has 0 atom stereocenters. The molecule has 8 aliphatic heterocycles. The lowest BCUT2D eigenvalue weighted by Crippen LogP contribution is -2.60. The zero-order valence-corrected chi connectivity index (χ0v) is 62.9. The summed E-state index contributed by atoms with van der Waals surface area (Å²) in [5.41, 5.74) is 51.2. The van der Waals surface area contributed by atoms with Crippen molar-refractivity contribution in [1.82, 2.24) is 18.3 Å². The highest BCUT2D eigenvalue weighted by Gasteiger charge is 2.44. The Morgan fingerprint density at radius 3 is 1.06 bits per heavy atom. The van der Waals surface area contributed by atoms with Crippen molar-refractivity contribution in [3.05, 3.63) is 382 Å². The normalized spacial score (nSPS) is 13.7. The van der Waals surface area contributed by atoms with Gasteiger partial charge in [0.2, 0.25) is 26.9 Å². The van der Waals surface area contributed by atoms with Gasteiger partial charge in [-0.2, -0.15) is 0 Å². The average molecular weight is 1420 g/mol. The average Bonchev–Trinajstić information content (AvgIpc) is 1.49. The molecule has 16 aromatic carbocycles. The molecule has 0 spiro atoms. The first-order valence-corrected chi connectivity index (χ1v) is 40.2. The maximum Gasteiger partial charge on any atom is 0.247 e. The second-order valence-corrected chi connectivity index (χ2v) is 32.9. The molecule has 4 aromatic heterocycles. The monoisotopic (exact) mass is 1420 g/mol. The first kappa shape index (κ1) is 62.8. The topological polar surface area (TPSA) is 19.7 Å². The number of hydrogen-bond donors (Lipinski definition) is 0. The summed E-state index contributed by atoms with van der Waals surface area (Å²) >= 11 is 0. The second kappa shape index (κ2) is 23.3. The summed E-state index contributed by atoms with van der Waals surface area (Å²) in [6.45, 7) is 10.2. The van der Waals surface area contributed by atoms with E-state index in [-0.39, 0.29) is 0 Å². The number of para-hydroxylation sites is 6. The zero-order valence-electron chi connectivity index (χ0n) is 62.9. The lowest BCUT2D eigenvalue weighted by atomic mass is 9.32. The molecule has 8 heteroatoms. The molecule has 520 valence electrons. The van der Waals surface area contributed by atoms with Gasteiger partial charge in [0, 0.05) is 87.9 Å². The van der Waals surface area contributed by atoms with Crippen LogP contribution >= 0.6 is 0 Å². The van der Waals surface area contributed by atoms with E-state index in [4.69, 9.17) is 0 Å². The van der Waals surface area contributed by atoms with Crippen LogP contribution in [-0.4, -0.2) is 45.1 Å². The minimum absolute atomic E-state index is 0.329. The third kappa shape index (κ3) is 8.46. The van der Waals surface area contributed by atoms with E-state index in [0.29, 0.717) is 26.9 Å². The molecule has 8 aliphatic rings. The Balaban J connectivity index is 0.0000000847. The number of hydrogen-bond acceptors (Lipinski definition) is 0. The van der Waals surface area contributed by atoms with Gasteiger partial charge in [-0.25, -0.2) is 0 Å². The molecule has 0 saturated heterocycles. The number of aromatic nitrogens is 4. The van der Waals surface area contributed by atoms with Crippen molar-refractivity contribution >= 4 is 180 Å². The van der Waals surface area contributed by atoms with Gasteiger partial charge in [0.05, 0.1) is 22.1 Å². The molecule has 0 fully saturated rings. The van der Waals surface area contributed by atoms with Gasteiger partial charge in [-0.15, -0.1) is 0 Å². The molecular formula is C104H72B4N4. The molecule has 0 bridgehead atoms. The van der Waals surface area contributed by atoms with Crippen LogP contribution in [0, 0.1) is 27.7 Å². The third-order valence-electron chi connectivity index (χ3n) is 27.1. The van der Waals surface area contributed by atoms with Crippen LogP contribution in [0.4, 0.5) is 0 Å². The van der Waals surface area contributed by atoms with E-state index in [0.717, 1.165) is 25.7 Å². The molecule has 0 unspecified atom stereocenters. The van der Waals surface area contributed by atoms with Gasteiger partial charge >= 0.3 is 0 Å². The van der Waals surface area contributed by atoms with E-state index >= 15 is 0 Å². The summed E-state index contributed by atoms with van der Waals surface area (Å²) in [7, 11) is 0. The van der Waals surface area contributed by atoms with Gasteiger partial charge in [0.15, 0.2) is 0 Å². The maximum atomic E-state index is 2.54. The molecule has 0 N–H and O–H groups in total. The summed E-state index contributed by atoms with van der Waals surface area (Å²) in [6, 6.07) is 118. The first-order valence-electron chi connectivity index (χ1n) is 40.2. The Morgan fingerprint density at radius 2 is 0.536 bits per heavy atom. The van der Waals surface area contributed by atoms with E-state index in [1.807, 2.05) is 0 Å². The van der Waals surface area contributed by atoms with Gasteiger partial charge in [-0.1, -0.05) is 301 Å². The van der Waals surface area contributed by atoms with Gasteiger partial charge in [-0.3, -0.25) is 0 Å². The zero-order chi connectivity index (χ0) is 73.6. The van der Waals surface area contributed by atoms with Gasteiger partial charge in [0.1, 0.15) is 0 Å². The Labute approximate surface area is 651 Å². The molecule has 0 amide bonds. The molecule has 0 saturated carbocycles. The molecule has 0 radical (unpaired) electrons. The highest BCUT2D eigenvalue weighted by Crippen LogP contribution is 2.42. The van der Waals surface area contributed by atoms with Crippen molar-refractivity contribution < 1.29 is 0 Å². The van der Waals surface area contributed by atoms with Crippen molar-refractivity contribution in [2.45, 2.75) is 53.4 Å². The summed E-state index contributed by atoms with van der Waals surface area (Å²) in [4.78, 5) is 0. The summed E-state index contributed by atoms with van der Waals surface area (Å²) in [5.74, 6) is 0. The molecule has 12 heterocycles. The lowest BCUT2D eigenvalue weighted by molar-refractivity contribution is 1.14. The highest BCUT2D eigenvalue weighted by atomic mass is 15.0. The quantitative estimate of drug-likeness (QED) is 0.135. The lowest BCUT2D eigenvalue weighted by Gasteiger charge is -2.34. The fraction of sp³-hybridized carbons (Fsp3) is 0.0769. The Morgan fingerprint density at radius 1 is 0.205 bits per heavy atom. The molecule has 28 rings (SSSR count). The number of nitrogens with zero attached hydrogens (tertiary/aromatic N) is 4. The van der Waals surface area contributed by atoms with Crippen molar-refractivity contribution in [2.24, 2.45) is 0 Å². The van der Waals surface area contributed by atoms with E-state index in [2.05, 4.69) is 361 Å². The van der Waals surface area contributed by atoms with E-state index in [1.165, 1.54) is 242 Å². The number of fused-ring (bicyclic) bond motifs is 32. The van der Waals surface area contributed by atoms with Crippen LogP contribution in [0.3, 0.4) is 0 Å². The van der Waals surface area contributed by atoms with Gasteiger partial charge in [0.25, 0.3) is 0 Å². The number of rotatable bonds is 0. The number of benzene rings is 16. The summed E-state index contributed by atoms with van der Waals surface area (Å²) < 4.78 is 10.1. The highest BCUT2D eigenvalue weighted by molar-refractivity contribution is 7.01. The Kier molecular flexibility index (Phi) is 13.1. The van der Waals surface area contributed by atoms with Crippen LogP contribution in [0.1, 0.15) is 66.8 Å². The maximum absolute atomic E-state index is 2.54. The third-order valence-corrected chi connectivity index (χ3v) is 27.1. The van der Waals surface area contributed by atoms with Crippen molar-refractivity contribution in [2.75, 3.05) is 0 Å². The largest absolute Gasteiger partial charge is 0.310 e.